The number of hydrogen-bond donors (Lipinski definition) is 2. The van der Waals surface area contributed by atoms with E-state index < -0.39 is 20.0 Å². The molecule has 1 fully saturated rings. The number of fused-ring (bicyclic) bond motifs is 2. The van der Waals surface area contributed by atoms with E-state index in [1.807, 2.05) is 60.7 Å². The van der Waals surface area contributed by atoms with E-state index in [-0.39, 0.29) is 9.79 Å². The molecule has 0 spiro atoms. The number of sulfonamides is 2. The van der Waals surface area contributed by atoms with Crippen molar-refractivity contribution in [3.63, 3.8) is 0 Å². The van der Waals surface area contributed by atoms with Gasteiger partial charge in [0.15, 0.2) is 0 Å². The highest BCUT2D eigenvalue weighted by Crippen LogP contribution is 2.20. The summed E-state index contributed by atoms with van der Waals surface area (Å²) in [6.45, 7) is 5.11. The van der Waals surface area contributed by atoms with Gasteiger partial charge in [0.2, 0.25) is 20.0 Å². The van der Waals surface area contributed by atoms with Crippen LogP contribution in [-0.4, -0.2) is 79.0 Å². The summed E-state index contributed by atoms with van der Waals surface area (Å²) in [5.74, 6) is 0. The van der Waals surface area contributed by atoms with Crippen LogP contribution >= 0.6 is 0 Å². The quantitative estimate of drug-likeness (QED) is 0.314. The van der Waals surface area contributed by atoms with Crippen LogP contribution in [0.25, 0.3) is 21.5 Å². The molecule has 1 saturated heterocycles. The molecule has 0 aromatic heterocycles. The first kappa shape index (κ1) is 26.7. The molecule has 1 heterocycles. The van der Waals surface area contributed by atoms with Gasteiger partial charge in [-0.2, -0.15) is 0 Å². The summed E-state index contributed by atoms with van der Waals surface area (Å²) in [6, 6.07) is 25.7. The van der Waals surface area contributed by atoms with Gasteiger partial charge in [0.05, 0.1) is 9.79 Å². The van der Waals surface area contributed by atoms with Gasteiger partial charge in [-0.3, -0.25) is 9.80 Å². The third-order valence-corrected chi connectivity index (χ3v) is 9.89. The number of benzene rings is 4. The molecule has 2 N–H and O–H groups in total. The molecule has 4 aromatic rings. The van der Waals surface area contributed by atoms with Crippen LogP contribution < -0.4 is 9.44 Å². The van der Waals surface area contributed by atoms with E-state index in [4.69, 9.17) is 0 Å². The predicted octanol–water partition coefficient (Wildman–Crippen LogP) is 2.87. The van der Waals surface area contributed by atoms with E-state index in [9.17, 15) is 16.8 Å². The van der Waals surface area contributed by atoms with Crippen molar-refractivity contribution < 1.29 is 16.8 Å². The summed E-state index contributed by atoms with van der Waals surface area (Å²) in [7, 11) is -7.15. The Morgan fingerprint density at radius 1 is 0.526 bits per heavy atom. The maximum atomic E-state index is 12.7. The lowest BCUT2D eigenvalue weighted by molar-refractivity contribution is 0.136. The van der Waals surface area contributed by atoms with Crippen LogP contribution in [0.2, 0.25) is 0 Å². The molecule has 0 unspecified atom stereocenters. The van der Waals surface area contributed by atoms with Crippen LogP contribution in [-0.2, 0) is 20.0 Å². The minimum absolute atomic E-state index is 0.271. The first-order valence-electron chi connectivity index (χ1n) is 12.7. The van der Waals surface area contributed by atoms with Gasteiger partial charge in [0.25, 0.3) is 0 Å². The summed E-state index contributed by atoms with van der Waals surface area (Å²) in [4.78, 5) is 4.98. The van der Waals surface area contributed by atoms with Crippen LogP contribution in [0.1, 0.15) is 0 Å². The normalized spacial score (nSPS) is 15.8. The summed E-state index contributed by atoms with van der Waals surface area (Å²) in [6.07, 6.45) is 0. The molecule has 0 atom stereocenters. The average Bonchev–Trinajstić information content (AvgIpc) is 2.93. The molecule has 0 aliphatic carbocycles. The SMILES string of the molecule is O=S(=O)(NCCN1CCN(CCNS(=O)(=O)c2ccc3ccccc3c2)CC1)c1ccc2ccccc2c1. The lowest BCUT2D eigenvalue weighted by Crippen LogP contribution is -2.49. The van der Waals surface area contributed by atoms with E-state index in [0.717, 1.165) is 47.7 Å². The first-order chi connectivity index (χ1) is 18.3. The van der Waals surface area contributed by atoms with Crippen LogP contribution in [0.4, 0.5) is 0 Å². The van der Waals surface area contributed by atoms with E-state index in [0.29, 0.717) is 26.2 Å². The Balaban J connectivity index is 1.04. The van der Waals surface area contributed by atoms with Crippen molar-refractivity contribution in [1.29, 1.82) is 0 Å². The molecule has 38 heavy (non-hydrogen) atoms. The average molecular weight is 553 g/mol. The highest BCUT2D eigenvalue weighted by Gasteiger charge is 2.20. The zero-order valence-electron chi connectivity index (χ0n) is 21.1. The molecular weight excluding hydrogens is 520 g/mol. The third kappa shape index (κ3) is 6.40. The van der Waals surface area contributed by atoms with Gasteiger partial charge in [-0.15, -0.1) is 0 Å². The van der Waals surface area contributed by atoms with Gasteiger partial charge in [-0.05, 0) is 45.8 Å². The predicted molar refractivity (Wildman–Crippen MR) is 151 cm³/mol. The number of nitrogens with zero attached hydrogens (tertiary/aromatic N) is 2. The number of nitrogens with one attached hydrogen (secondary N) is 2. The van der Waals surface area contributed by atoms with Crippen LogP contribution in [0.15, 0.2) is 94.7 Å². The monoisotopic (exact) mass is 552 g/mol. The van der Waals surface area contributed by atoms with Gasteiger partial charge >= 0.3 is 0 Å². The first-order valence-corrected chi connectivity index (χ1v) is 15.7. The fourth-order valence-corrected chi connectivity index (χ4v) is 6.86. The molecular formula is C28H32N4O4S2. The number of rotatable bonds is 10. The van der Waals surface area contributed by atoms with Gasteiger partial charge < -0.3 is 0 Å². The summed E-state index contributed by atoms with van der Waals surface area (Å²) in [5, 5.41) is 3.80. The zero-order valence-corrected chi connectivity index (χ0v) is 22.7. The molecule has 10 heteroatoms. The molecule has 0 radical (unpaired) electrons. The van der Waals surface area contributed by atoms with Crippen molar-refractivity contribution in [1.82, 2.24) is 19.2 Å². The molecule has 4 aromatic carbocycles. The Labute approximate surface area is 224 Å². The lowest BCUT2D eigenvalue weighted by atomic mass is 10.1. The zero-order chi connectivity index (χ0) is 26.6. The molecule has 200 valence electrons. The third-order valence-electron chi connectivity index (χ3n) is 6.97. The highest BCUT2D eigenvalue weighted by atomic mass is 32.2. The Morgan fingerprint density at radius 3 is 1.29 bits per heavy atom. The standard InChI is InChI=1S/C28H32N4O4S2/c33-37(34,27-11-9-23-5-1-3-7-25(23)21-27)29-13-15-31-17-19-32(20-18-31)16-14-30-38(35,36)28-12-10-24-6-2-4-8-26(24)22-28/h1-12,21-22,29-30H,13-20H2. The Bertz CT molecular complexity index is 1510. The molecule has 8 nitrogen and oxygen atoms in total. The fourth-order valence-electron chi connectivity index (χ4n) is 4.75. The maximum absolute atomic E-state index is 12.7. The van der Waals surface area contributed by atoms with Crippen molar-refractivity contribution in [2.45, 2.75) is 9.79 Å². The van der Waals surface area contributed by atoms with Crippen LogP contribution in [0.3, 0.4) is 0 Å². The molecule has 0 bridgehead atoms. The van der Waals surface area contributed by atoms with Crippen molar-refractivity contribution >= 4 is 41.6 Å². The Kier molecular flexibility index (Phi) is 8.08. The highest BCUT2D eigenvalue weighted by molar-refractivity contribution is 7.89. The van der Waals surface area contributed by atoms with Gasteiger partial charge in [-0.1, -0.05) is 60.7 Å². The largest absolute Gasteiger partial charge is 0.299 e. The van der Waals surface area contributed by atoms with Gasteiger partial charge in [0.1, 0.15) is 0 Å². The van der Waals surface area contributed by atoms with Crippen LogP contribution in [0.5, 0.6) is 0 Å². The Morgan fingerprint density at radius 2 is 0.895 bits per heavy atom. The summed E-state index contributed by atoms with van der Waals surface area (Å²) in [5.41, 5.74) is 0. The van der Waals surface area contributed by atoms with Crippen molar-refractivity contribution in [3.05, 3.63) is 84.9 Å². The van der Waals surface area contributed by atoms with E-state index in [2.05, 4.69) is 19.2 Å². The van der Waals surface area contributed by atoms with Crippen molar-refractivity contribution in [2.24, 2.45) is 0 Å². The second-order valence-corrected chi connectivity index (χ2v) is 13.0. The maximum Gasteiger partial charge on any atom is 0.240 e. The van der Waals surface area contributed by atoms with Crippen LogP contribution in [0, 0.1) is 0 Å². The molecule has 0 saturated carbocycles. The minimum Gasteiger partial charge on any atom is -0.299 e. The van der Waals surface area contributed by atoms with E-state index in [1.54, 1.807) is 24.3 Å². The van der Waals surface area contributed by atoms with E-state index in [1.165, 1.54) is 0 Å². The van der Waals surface area contributed by atoms with Crippen molar-refractivity contribution in [2.75, 3.05) is 52.4 Å². The second-order valence-electron chi connectivity index (χ2n) is 9.50. The Hall–Kier alpha value is -2.86. The van der Waals surface area contributed by atoms with Gasteiger partial charge in [0, 0.05) is 52.4 Å². The topological polar surface area (TPSA) is 98.8 Å². The minimum atomic E-state index is -3.58. The molecule has 1 aliphatic heterocycles. The molecule has 5 rings (SSSR count). The molecule has 1 aliphatic rings. The second kappa shape index (κ2) is 11.5. The number of hydrogen-bond acceptors (Lipinski definition) is 6. The van der Waals surface area contributed by atoms with Crippen molar-refractivity contribution in [3.8, 4) is 0 Å². The lowest BCUT2D eigenvalue weighted by Gasteiger charge is -2.34. The van der Waals surface area contributed by atoms with E-state index >= 15 is 0 Å². The summed E-state index contributed by atoms with van der Waals surface area (Å²) < 4.78 is 56.4. The number of piperazine rings is 1. The smallest absolute Gasteiger partial charge is 0.240 e. The van der Waals surface area contributed by atoms with Gasteiger partial charge in [-0.25, -0.2) is 26.3 Å². The molecule has 0 amide bonds. The summed E-state index contributed by atoms with van der Waals surface area (Å²) >= 11 is 0. The fraction of sp³-hybridized carbons (Fsp3) is 0.286.